The minimum absolute atomic E-state index is 0.00896. The molecule has 1 saturated heterocycles. The molecule has 33 heavy (non-hydrogen) atoms. The zero-order valence-corrected chi connectivity index (χ0v) is 20.4. The van der Waals surface area contributed by atoms with Gasteiger partial charge in [0.2, 0.25) is 0 Å². The summed E-state index contributed by atoms with van der Waals surface area (Å²) in [5, 5.41) is 3.54. The highest BCUT2D eigenvalue weighted by Crippen LogP contribution is 2.62. The van der Waals surface area contributed by atoms with Crippen LogP contribution >= 0.6 is 7.26 Å². The molecule has 0 aromatic heterocycles. The van der Waals surface area contributed by atoms with Crippen LogP contribution < -0.4 is 15.9 Å². The number of nitrogens with zero attached hydrogens (tertiary/aromatic N) is 1. The fourth-order valence-corrected chi connectivity index (χ4v) is 9.64. The molecule has 1 amide bonds. The molecule has 0 bridgehead atoms. The van der Waals surface area contributed by atoms with E-state index in [2.05, 4.69) is 36.4 Å². The molecule has 1 heterocycles. The van der Waals surface area contributed by atoms with Gasteiger partial charge in [-0.2, -0.15) is 0 Å². The third-order valence-corrected chi connectivity index (χ3v) is 10.7. The normalized spacial score (nSPS) is 16.6. The van der Waals surface area contributed by atoms with Crippen LogP contribution in [0.3, 0.4) is 0 Å². The zero-order chi connectivity index (χ0) is 23.5. The van der Waals surface area contributed by atoms with Crippen molar-refractivity contribution in [1.29, 1.82) is 0 Å². The van der Waals surface area contributed by atoms with E-state index in [-0.39, 0.29) is 24.1 Å². The van der Waals surface area contributed by atoms with Gasteiger partial charge in [-0.3, -0.25) is 9.59 Å². The molecule has 0 spiro atoms. The molecular weight excluding hydrogens is 429 g/mol. The monoisotopic (exact) mass is 460 g/mol. The first-order chi connectivity index (χ1) is 15.8. The highest BCUT2D eigenvalue weighted by molar-refractivity contribution is 7.96. The summed E-state index contributed by atoms with van der Waals surface area (Å²) in [5.41, 5.74) is -0.805. The van der Waals surface area contributed by atoms with Gasteiger partial charge in [0.1, 0.15) is 35.3 Å². The van der Waals surface area contributed by atoms with Gasteiger partial charge in [0, 0.05) is 13.0 Å². The average Bonchev–Trinajstić information content (AvgIpc) is 3.16. The average molecular weight is 461 g/mol. The van der Waals surface area contributed by atoms with Crippen LogP contribution in [0.5, 0.6) is 0 Å². The Labute approximate surface area is 196 Å². The maximum Gasteiger partial charge on any atom is 0.326 e. The molecule has 4 nitrogen and oxygen atoms in total. The van der Waals surface area contributed by atoms with E-state index in [0.29, 0.717) is 13.0 Å². The van der Waals surface area contributed by atoms with E-state index >= 15 is 0 Å². The Morgan fingerprint density at radius 2 is 1.27 bits per heavy atom. The molecule has 0 aliphatic carbocycles. The first kappa shape index (κ1) is 23.2. The highest BCUT2D eigenvalue weighted by Gasteiger charge is 2.58. The summed E-state index contributed by atoms with van der Waals surface area (Å²) in [4.78, 5) is 28.1. The number of esters is 1. The number of hydrogen-bond donors (Lipinski definition) is 0. The number of rotatable bonds is 6. The Balaban J connectivity index is 1.81. The Morgan fingerprint density at radius 3 is 1.67 bits per heavy atom. The lowest BCUT2D eigenvalue weighted by Gasteiger charge is -2.32. The van der Waals surface area contributed by atoms with E-state index < -0.39 is 12.9 Å². The van der Waals surface area contributed by atoms with Crippen molar-refractivity contribution in [3.63, 3.8) is 0 Å². The quantitative estimate of drug-likeness (QED) is 0.414. The Bertz CT molecular complexity index is 998. The Hall–Kier alpha value is -2.97. The van der Waals surface area contributed by atoms with E-state index in [1.165, 1.54) is 15.9 Å². The summed E-state index contributed by atoms with van der Waals surface area (Å²) in [6, 6.07) is 31.2. The van der Waals surface area contributed by atoms with Gasteiger partial charge >= 0.3 is 5.97 Å². The molecule has 1 aliphatic heterocycles. The standard InChI is InChI=1S/C28H31NO3P/c1-28(2,3)32-26(30)21-29-20-19-25(27(29)31)33(22-13-7-4-8-14-22,23-15-9-5-10-16-23)24-17-11-6-12-18-24/h4-18,25H,19-21H2,1-3H3/q+1/t25-/m1/s1. The van der Waals surface area contributed by atoms with Gasteiger partial charge in [-0.05, 0) is 57.2 Å². The molecule has 0 saturated carbocycles. The molecule has 170 valence electrons. The predicted octanol–water partition coefficient (Wildman–Crippen LogP) is 3.92. The molecule has 0 radical (unpaired) electrons. The molecule has 5 heteroatoms. The Kier molecular flexibility index (Phi) is 6.67. The maximum absolute atomic E-state index is 13.9. The van der Waals surface area contributed by atoms with E-state index in [1.54, 1.807) is 4.90 Å². The Morgan fingerprint density at radius 1 is 0.848 bits per heavy atom. The number of benzene rings is 3. The SMILES string of the molecule is CC(C)(C)OC(=O)CN1CC[C@@H]([P+](c2ccccc2)(c2ccccc2)c2ccccc2)C1=O. The van der Waals surface area contributed by atoms with Gasteiger partial charge in [-0.25, -0.2) is 0 Å². The second-order valence-electron chi connectivity index (χ2n) is 9.38. The van der Waals surface area contributed by atoms with E-state index in [0.717, 1.165) is 0 Å². The van der Waals surface area contributed by atoms with Crippen molar-refractivity contribution < 1.29 is 14.3 Å². The molecule has 3 aromatic carbocycles. The van der Waals surface area contributed by atoms with Gasteiger partial charge in [0.15, 0.2) is 5.66 Å². The van der Waals surface area contributed by atoms with Crippen molar-refractivity contribution in [2.45, 2.75) is 38.5 Å². The highest BCUT2D eigenvalue weighted by atomic mass is 31.2. The summed E-state index contributed by atoms with van der Waals surface area (Å²) in [6.45, 7) is 6.07. The van der Waals surface area contributed by atoms with Gasteiger partial charge in [-0.15, -0.1) is 0 Å². The number of hydrogen-bond acceptors (Lipinski definition) is 3. The summed E-state index contributed by atoms with van der Waals surface area (Å²) in [6.07, 6.45) is 0.702. The minimum atomic E-state index is -2.32. The van der Waals surface area contributed by atoms with Gasteiger partial charge < -0.3 is 9.64 Å². The largest absolute Gasteiger partial charge is 0.459 e. The van der Waals surface area contributed by atoms with Crippen LogP contribution in [0.1, 0.15) is 27.2 Å². The van der Waals surface area contributed by atoms with Crippen molar-refractivity contribution in [2.24, 2.45) is 0 Å². The summed E-state index contributed by atoms with van der Waals surface area (Å²) in [7, 11) is -2.32. The van der Waals surface area contributed by atoms with Crippen molar-refractivity contribution >= 4 is 35.1 Å². The lowest BCUT2D eigenvalue weighted by molar-refractivity contribution is -0.157. The van der Waals surface area contributed by atoms with Crippen LogP contribution in [-0.2, 0) is 14.3 Å². The summed E-state index contributed by atoms with van der Waals surface area (Å²) in [5.74, 6) is -0.328. The van der Waals surface area contributed by atoms with Crippen LogP contribution in [0, 0.1) is 0 Å². The molecule has 0 unspecified atom stereocenters. The van der Waals surface area contributed by atoms with Crippen LogP contribution in [0.25, 0.3) is 0 Å². The molecule has 3 aromatic rings. The number of likely N-dealkylation sites (tertiary alicyclic amines) is 1. The zero-order valence-electron chi connectivity index (χ0n) is 19.5. The van der Waals surface area contributed by atoms with E-state index in [9.17, 15) is 9.59 Å². The topological polar surface area (TPSA) is 46.6 Å². The van der Waals surface area contributed by atoms with Crippen LogP contribution in [0.2, 0.25) is 0 Å². The van der Waals surface area contributed by atoms with Gasteiger partial charge in [0.05, 0.1) is 0 Å². The van der Waals surface area contributed by atoms with Crippen LogP contribution in [0.4, 0.5) is 0 Å². The smallest absolute Gasteiger partial charge is 0.326 e. The first-order valence-electron chi connectivity index (χ1n) is 11.4. The summed E-state index contributed by atoms with van der Waals surface area (Å²) >= 11 is 0. The number of amides is 1. The molecule has 0 N–H and O–H groups in total. The summed E-state index contributed by atoms with van der Waals surface area (Å²) < 4.78 is 5.50. The fourth-order valence-electron chi connectivity index (χ4n) is 4.74. The lowest BCUT2D eigenvalue weighted by atomic mass is 10.2. The maximum atomic E-state index is 13.9. The number of carbonyl (C=O) groups is 2. The van der Waals surface area contributed by atoms with Crippen molar-refractivity contribution in [2.75, 3.05) is 13.1 Å². The van der Waals surface area contributed by atoms with E-state index in [1.807, 2.05) is 75.4 Å². The van der Waals surface area contributed by atoms with Gasteiger partial charge in [0.25, 0.3) is 5.91 Å². The molecule has 1 atom stereocenters. The molecular formula is C28H31NO3P+. The van der Waals surface area contributed by atoms with Crippen LogP contribution in [-0.4, -0.2) is 41.1 Å². The first-order valence-corrected chi connectivity index (χ1v) is 13.2. The second kappa shape index (κ2) is 9.49. The molecule has 4 rings (SSSR count). The third-order valence-electron chi connectivity index (χ3n) is 5.97. The van der Waals surface area contributed by atoms with Crippen molar-refractivity contribution in [3.8, 4) is 0 Å². The lowest BCUT2D eigenvalue weighted by Crippen LogP contribution is -2.44. The van der Waals surface area contributed by atoms with Crippen molar-refractivity contribution in [3.05, 3.63) is 91.0 Å². The predicted molar refractivity (Wildman–Crippen MR) is 136 cm³/mol. The number of ether oxygens (including phenoxy) is 1. The molecule has 1 fully saturated rings. The number of carbonyl (C=O) groups excluding carboxylic acids is 2. The third kappa shape index (κ3) is 4.72. The second-order valence-corrected chi connectivity index (χ2v) is 13.0. The van der Waals surface area contributed by atoms with Gasteiger partial charge in [-0.1, -0.05) is 54.6 Å². The van der Waals surface area contributed by atoms with Crippen molar-refractivity contribution in [1.82, 2.24) is 4.90 Å². The minimum Gasteiger partial charge on any atom is -0.459 e. The van der Waals surface area contributed by atoms with Crippen LogP contribution in [0.15, 0.2) is 91.0 Å². The van der Waals surface area contributed by atoms with E-state index in [4.69, 9.17) is 4.74 Å². The molecule has 1 aliphatic rings. The fraction of sp³-hybridized carbons (Fsp3) is 0.286.